The molecule has 0 aliphatic rings. The van der Waals surface area contributed by atoms with Crippen LogP contribution in [0.5, 0.6) is 0 Å². The maximum Gasteiger partial charge on any atom is 0.171 e. The van der Waals surface area contributed by atoms with Gasteiger partial charge >= 0.3 is 0 Å². The molecule has 4 nitrogen and oxygen atoms in total. The van der Waals surface area contributed by atoms with Crippen molar-refractivity contribution < 1.29 is 4.79 Å². The Labute approximate surface area is 112 Å². The van der Waals surface area contributed by atoms with Gasteiger partial charge in [0.05, 0.1) is 5.56 Å². The predicted octanol–water partition coefficient (Wildman–Crippen LogP) is 2.18. The first-order valence-electron chi connectivity index (χ1n) is 6.16. The number of nitrogens with zero attached hydrogens (tertiary/aromatic N) is 1. The van der Waals surface area contributed by atoms with E-state index in [1.807, 2.05) is 37.3 Å². The van der Waals surface area contributed by atoms with Crippen LogP contribution in [0.3, 0.4) is 0 Å². The maximum atomic E-state index is 12.4. The summed E-state index contributed by atoms with van der Waals surface area (Å²) in [7, 11) is 0. The second-order valence-electron chi connectivity index (χ2n) is 4.53. The van der Waals surface area contributed by atoms with Crippen LogP contribution in [0, 0.1) is 5.92 Å². The fourth-order valence-corrected chi connectivity index (χ4v) is 2.00. The third kappa shape index (κ3) is 2.80. The third-order valence-electron chi connectivity index (χ3n) is 3.24. The predicted molar refractivity (Wildman–Crippen MR) is 75.5 cm³/mol. The van der Waals surface area contributed by atoms with E-state index in [-0.39, 0.29) is 23.6 Å². The zero-order valence-electron chi connectivity index (χ0n) is 10.8. The molecule has 0 fully saturated rings. The van der Waals surface area contributed by atoms with Crippen molar-refractivity contribution >= 4 is 11.6 Å². The van der Waals surface area contributed by atoms with Crippen LogP contribution in [0.2, 0.25) is 0 Å². The first-order chi connectivity index (χ1) is 9.11. The molecule has 0 saturated heterocycles. The van der Waals surface area contributed by atoms with Crippen LogP contribution in [-0.2, 0) is 0 Å². The highest BCUT2D eigenvalue weighted by molar-refractivity contribution is 6.01. The number of carbonyl (C=O) groups excluding carboxylic acids is 1. The fraction of sp³-hybridized carbons (Fsp3) is 0.200. The van der Waals surface area contributed by atoms with Crippen LogP contribution >= 0.6 is 0 Å². The molecule has 0 amide bonds. The van der Waals surface area contributed by atoms with E-state index in [9.17, 15) is 4.79 Å². The van der Waals surface area contributed by atoms with Gasteiger partial charge in [-0.1, -0.05) is 37.3 Å². The highest BCUT2D eigenvalue weighted by atomic mass is 16.1. The summed E-state index contributed by atoms with van der Waals surface area (Å²) < 4.78 is 0. The number of nitrogen functional groups attached to an aromatic ring is 1. The number of ketones is 1. The summed E-state index contributed by atoms with van der Waals surface area (Å²) in [5.74, 6) is -0.185. The van der Waals surface area contributed by atoms with E-state index in [2.05, 4.69) is 4.98 Å². The fourth-order valence-electron chi connectivity index (χ4n) is 2.00. The monoisotopic (exact) mass is 255 g/mol. The Kier molecular flexibility index (Phi) is 3.92. The van der Waals surface area contributed by atoms with Gasteiger partial charge in [0.25, 0.3) is 0 Å². The van der Waals surface area contributed by atoms with Crippen LogP contribution < -0.4 is 11.5 Å². The number of anilines is 1. The molecule has 0 bridgehead atoms. The Morgan fingerprint density at radius 3 is 2.47 bits per heavy atom. The van der Waals surface area contributed by atoms with E-state index in [1.165, 1.54) is 0 Å². The molecule has 98 valence electrons. The Bertz CT molecular complexity index is 569. The summed E-state index contributed by atoms with van der Waals surface area (Å²) >= 11 is 0. The number of aromatic nitrogens is 1. The molecule has 1 aromatic heterocycles. The molecule has 0 spiro atoms. The molecule has 0 radical (unpaired) electrons. The molecule has 1 heterocycles. The average molecular weight is 255 g/mol. The van der Waals surface area contributed by atoms with Gasteiger partial charge in [0, 0.05) is 18.2 Å². The molecule has 0 aliphatic heterocycles. The van der Waals surface area contributed by atoms with Crippen molar-refractivity contribution in [3.8, 4) is 0 Å². The van der Waals surface area contributed by atoms with Crippen LogP contribution in [0.1, 0.15) is 28.9 Å². The van der Waals surface area contributed by atoms with Crippen molar-refractivity contribution in [1.29, 1.82) is 0 Å². The molecule has 19 heavy (non-hydrogen) atoms. The van der Waals surface area contributed by atoms with Gasteiger partial charge < -0.3 is 11.5 Å². The lowest BCUT2D eigenvalue weighted by Gasteiger charge is -2.19. The van der Waals surface area contributed by atoms with Crippen molar-refractivity contribution in [2.75, 3.05) is 5.73 Å². The van der Waals surface area contributed by atoms with Crippen molar-refractivity contribution in [3.05, 3.63) is 59.8 Å². The number of nitrogens with two attached hydrogens (primary N) is 2. The summed E-state index contributed by atoms with van der Waals surface area (Å²) in [6, 6.07) is 12.6. The van der Waals surface area contributed by atoms with Gasteiger partial charge in [0.1, 0.15) is 5.82 Å². The number of carbonyl (C=O) groups is 1. The van der Waals surface area contributed by atoms with E-state index < -0.39 is 0 Å². The van der Waals surface area contributed by atoms with Crippen molar-refractivity contribution in [1.82, 2.24) is 4.98 Å². The number of hydrogen-bond donors (Lipinski definition) is 2. The Hall–Kier alpha value is -2.20. The van der Waals surface area contributed by atoms with E-state index in [4.69, 9.17) is 11.5 Å². The Morgan fingerprint density at radius 2 is 1.84 bits per heavy atom. The zero-order chi connectivity index (χ0) is 13.8. The minimum absolute atomic E-state index is 0.0815. The zero-order valence-corrected chi connectivity index (χ0v) is 10.8. The smallest absolute Gasteiger partial charge is 0.171 e. The number of Topliss-reactive ketones (excluding diaryl/α,β-unsaturated/α-hetero) is 1. The minimum Gasteiger partial charge on any atom is -0.383 e. The first-order valence-corrected chi connectivity index (χ1v) is 6.16. The second-order valence-corrected chi connectivity index (χ2v) is 4.53. The summed E-state index contributed by atoms with van der Waals surface area (Å²) in [4.78, 5) is 16.3. The second kappa shape index (κ2) is 5.63. The van der Waals surface area contributed by atoms with E-state index in [0.29, 0.717) is 5.56 Å². The quantitative estimate of drug-likeness (QED) is 0.820. The average Bonchev–Trinajstić information content (AvgIpc) is 2.46. The Balaban J connectivity index is 2.23. The van der Waals surface area contributed by atoms with E-state index in [0.717, 1.165) is 5.56 Å². The number of hydrogen-bond acceptors (Lipinski definition) is 4. The SMILES string of the molecule is CC(C(=O)c1cccnc1N)C(N)c1ccccc1. The van der Waals surface area contributed by atoms with E-state index in [1.54, 1.807) is 18.3 Å². The molecule has 0 saturated carbocycles. The standard InChI is InChI=1S/C15H17N3O/c1-10(13(16)11-6-3-2-4-7-11)14(19)12-8-5-9-18-15(12)17/h2-10,13H,16H2,1H3,(H2,17,18). The molecule has 2 rings (SSSR count). The highest BCUT2D eigenvalue weighted by Crippen LogP contribution is 2.24. The molecule has 2 unspecified atom stereocenters. The molecule has 1 aromatic carbocycles. The summed E-state index contributed by atoms with van der Waals surface area (Å²) in [6.45, 7) is 1.81. The molecule has 2 aromatic rings. The topological polar surface area (TPSA) is 82.0 Å². The van der Waals surface area contributed by atoms with Gasteiger partial charge in [0.15, 0.2) is 5.78 Å². The summed E-state index contributed by atoms with van der Waals surface area (Å²) in [5, 5.41) is 0. The van der Waals surface area contributed by atoms with Crippen LogP contribution in [0.25, 0.3) is 0 Å². The summed E-state index contributed by atoms with van der Waals surface area (Å²) in [6.07, 6.45) is 1.56. The summed E-state index contributed by atoms with van der Waals surface area (Å²) in [5.41, 5.74) is 13.2. The normalized spacial score (nSPS) is 13.8. The third-order valence-corrected chi connectivity index (χ3v) is 3.24. The number of rotatable bonds is 4. The molecular formula is C15H17N3O. The van der Waals surface area contributed by atoms with Crippen LogP contribution in [0.4, 0.5) is 5.82 Å². The van der Waals surface area contributed by atoms with Crippen LogP contribution in [-0.4, -0.2) is 10.8 Å². The Morgan fingerprint density at radius 1 is 1.16 bits per heavy atom. The number of pyridine rings is 1. The minimum atomic E-state index is -0.353. The molecule has 0 aliphatic carbocycles. The van der Waals surface area contributed by atoms with Gasteiger partial charge in [0.2, 0.25) is 0 Å². The molecular weight excluding hydrogens is 238 g/mol. The van der Waals surface area contributed by atoms with E-state index >= 15 is 0 Å². The molecule has 2 atom stereocenters. The van der Waals surface area contributed by atoms with Crippen molar-refractivity contribution in [2.45, 2.75) is 13.0 Å². The number of benzene rings is 1. The van der Waals surface area contributed by atoms with Crippen molar-refractivity contribution in [3.63, 3.8) is 0 Å². The van der Waals surface area contributed by atoms with Gasteiger partial charge in [-0.15, -0.1) is 0 Å². The molecule has 4 heteroatoms. The lowest BCUT2D eigenvalue weighted by Crippen LogP contribution is -2.26. The largest absolute Gasteiger partial charge is 0.383 e. The van der Waals surface area contributed by atoms with Crippen molar-refractivity contribution in [2.24, 2.45) is 11.7 Å². The van der Waals surface area contributed by atoms with Gasteiger partial charge in [-0.3, -0.25) is 4.79 Å². The first kappa shape index (κ1) is 13.2. The lowest BCUT2D eigenvalue weighted by atomic mass is 9.89. The molecule has 4 N–H and O–H groups in total. The van der Waals surface area contributed by atoms with Crippen LogP contribution in [0.15, 0.2) is 48.7 Å². The maximum absolute atomic E-state index is 12.4. The van der Waals surface area contributed by atoms with Gasteiger partial charge in [-0.05, 0) is 17.7 Å². The lowest BCUT2D eigenvalue weighted by molar-refractivity contribution is 0.0913. The van der Waals surface area contributed by atoms with Gasteiger partial charge in [-0.25, -0.2) is 4.98 Å². The highest BCUT2D eigenvalue weighted by Gasteiger charge is 2.24. The van der Waals surface area contributed by atoms with Gasteiger partial charge in [-0.2, -0.15) is 0 Å².